The molecule has 0 bridgehead atoms. The van der Waals surface area contributed by atoms with Gasteiger partial charge in [-0.1, -0.05) is 0 Å². The van der Waals surface area contributed by atoms with E-state index < -0.39 is 11.6 Å². The van der Waals surface area contributed by atoms with Crippen LogP contribution in [0.4, 0.5) is 4.79 Å². The first-order chi connectivity index (χ1) is 9.52. The molecule has 7 heteroatoms. The minimum absolute atomic E-state index is 0.170. The molecule has 2 aliphatic heterocycles. The number of carbonyl (C=O) groups excluding carboxylic acids is 3. The zero-order chi connectivity index (χ0) is 14.3. The summed E-state index contributed by atoms with van der Waals surface area (Å²) in [5.41, 5.74) is -0.236. The van der Waals surface area contributed by atoms with Gasteiger partial charge in [-0.25, -0.2) is 4.79 Å². The van der Waals surface area contributed by atoms with Crippen LogP contribution in [0.2, 0.25) is 0 Å². The summed E-state index contributed by atoms with van der Waals surface area (Å²) in [5, 5.41) is 4.87. The Morgan fingerprint density at radius 2 is 2.25 bits per heavy atom. The topological polar surface area (TPSA) is 91.7 Å². The molecule has 0 aliphatic carbocycles. The number of nitrogens with one attached hydrogen (secondary N) is 2. The molecule has 1 atom stereocenters. The van der Waals surface area contributed by atoms with Gasteiger partial charge in [0.1, 0.15) is 5.54 Å². The van der Waals surface area contributed by atoms with Gasteiger partial charge in [0, 0.05) is 12.1 Å². The van der Waals surface area contributed by atoms with Gasteiger partial charge in [0.25, 0.3) is 11.8 Å². The zero-order valence-electron chi connectivity index (χ0n) is 11.1. The standard InChI is InChI=1S/C13H15N3O4/c1-8-3-6-20-9(8)10(17)16-5-2-4-13(7-16)11(18)14-12(19)15-13/h3,6H,2,4-5,7H2,1H3,(H2,14,15,18,19)/t13-/m0/s1. The summed E-state index contributed by atoms with van der Waals surface area (Å²) in [6, 6.07) is 1.22. The maximum Gasteiger partial charge on any atom is 0.322 e. The Balaban J connectivity index is 1.82. The maximum absolute atomic E-state index is 12.4. The van der Waals surface area contributed by atoms with Crippen LogP contribution < -0.4 is 10.6 Å². The van der Waals surface area contributed by atoms with Gasteiger partial charge < -0.3 is 14.6 Å². The quantitative estimate of drug-likeness (QED) is 0.727. The minimum atomic E-state index is -0.995. The van der Waals surface area contributed by atoms with Gasteiger partial charge in [-0.15, -0.1) is 0 Å². The summed E-state index contributed by atoms with van der Waals surface area (Å²) in [5.74, 6) is -0.330. The predicted octanol–water partition coefficient (Wildman–Crippen LogP) is 0.402. The number of urea groups is 1. The van der Waals surface area contributed by atoms with Gasteiger partial charge >= 0.3 is 6.03 Å². The smallest absolute Gasteiger partial charge is 0.322 e. The van der Waals surface area contributed by atoms with Crippen LogP contribution in [0.1, 0.15) is 29.0 Å². The number of amides is 4. The second kappa shape index (κ2) is 4.36. The van der Waals surface area contributed by atoms with Crippen molar-refractivity contribution in [3.63, 3.8) is 0 Å². The molecule has 0 aromatic carbocycles. The number of aryl methyl sites for hydroxylation is 1. The Morgan fingerprint density at radius 3 is 2.85 bits per heavy atom. The Kier molecular flexibility index (Phi) is 2.77. The highest BCUT2D eigenvalue weighted by Crippen LogP contribution is 2.26. The highest BCUT2D eigenvalue weighted by atomic mass is 16.3. The van der Waals surface area contributed by atoms with Crippen molar-refractivity contribution in [1.82, 2.24) is 15.5 Å². The van der Waals surface area contributed by atoms with E-state index in [1.807, 2.05) is 0 Å². The average Bonchev–Trinajstić information content (AvgIpc) is 2.94. The summed E-state index contributed by atoms with van der Waals surface area (Å²) in [7, 11) is 0. The normalized spacial score (nSPS) is 25.8. The molecule has 0 unspecified atom stereocenters. The van der Waals surface area contributed by atoms with Crippen LogP contribution >= 0.6 is 0 Å². The predicted molar refractivity (Wildman–Crippen MR) is 68.0 cm³/mol. The third kappa shape index (κ3) is 1.86. The van der Waals surface area contributed by atoms with Gasteiger partial charge in [0.05, 0.1) is 12.8 Å². The van der Waals surface area contributed by atoms with E-state index in [1.54, 1.807) is 17.9 Å². The molecule has 3 rings (SSSR count). The molecule has 4 amide bonds. The van der Waals surface area contributed by atoms with Gasteiger partial charge in [-0.2, -0.15) is 0 Å². The van der Waals surface area contributed by atoms with E-state index in [1.165, 1.54) is 6.26 Å². The molecule has 2 saturated heterocycles. The van der Waals surface area contributed by atoms with Crippen molar-refractivity contribution in [3.05, 3.63) is 23.7 Å². The number of nitrogens with zero attached hydrogens (tertiary/aromatic N) is 1. The summed E-state index contributed by atoms with van der Waals surface area (Å²) in [6.45, 7) is 2.51. The SMILES string of the molecule is Cc1ccoc1C(=O)N1CCC[C@@]2(C1)NC(=O)NC2=O. The Morgan fingerprint density at radius 1 is 1.45 bits per heavy atom. The molecule has 1 aromatic heterocycles. The van der Waals surface area contributed by atoms with Crippen molar-refractivity contribution < 1.29 is 18.8 Å². The fourth-order valence-corrected chi connectivity index (χ4v) is 2.78. The van der Waals surface area contributed by atoms with Gasteiger partial charge in [-0.3, -0.25) is 14.9 Å². The first-order valence-corrected chi connectivity index (χ1v) is 6.49. The summed E-state index contributed by atoms with van der Waals surface area (Å²) in [6.07, 6.45) is 2.65. The third-order valence-corrected chi connectivity index (χ3v) is 3.85. The molecule has 0 saturated carbocycles. The molecule has 106 valence electrons. The summed E-state index contributed by atoms with van der Waals surface area (Å²) in [4.78, 5) is 37.2. The number of piperidine rings is 1. The van der Waals surface area contributed by atoms with Gasteiger partial charge in [0.2, 0.25) is 0 Å². The molecule has 2 N–H and O–H groups in total. The first-order valence-electron chi connectivity index (χ1n) is 6.49. The maximum atomic E-state index is 12.4. The van der Waals surface area contributed by atoms with Crippen LogP contribution in [-0.2, 0) is 4.79 Å². The lowest BCUT2D eigenvalue weighted by molar-refractivity contribution is -0.125. The molecule has 20 heavy (non-hydrogen) atoms. The van der Waals surface area contributed by atoms with E-state index in [9.17, 15) is 14.4 Å². The number of furan rings is 1. The highest BCUT2D eigenvalue weighted by Gasteiger charge is 2.49. The van der Waals surface area contributed by atoms with Gasteiger partial charge in [-0.05, 0) is 25.8 Å². The van der Waals surface area contributed by atoms with Crippen molar-refractivity contribution in [2.75, 3.05) is 13.1 Å². The number of likely N-dealkylation sites (tertiary alicyclic amines) is 1. The van der Waals surface area contributed by atoms with E-state index >= 15 is 0 Å². The van der Waals surface area contributed by atoms with Crippen molar-refractivity contribution in [1.29, 1.82) is 0 Å². The van der Waals surface area contributed by atoms with Crippen molar-refractivity contribution in [2.45, 2.75) is 25.3 Å². The van der Waals surface area contributed by atoms with Crippen LogP contribution in [0.3, 0.4) is 0 Å². The molecule has 0 radical (unpaired) electrons. The molecule has 1 aromatic rings. The molecule has 2 fully saturated rings. The summed E-state index contributed by atoms with van der Waals surface area (Å²) < 4.78 is 5.20. The van der Waals surface area contributed by atoms with Crippen LogP contribution in [-0.4, -0.2) is 41.4 Å². The van der Waals surface area contributed by atoms with Crippen LogP contribution in [0.5, 0.6) is 0 Å². The number of carbonyl (C=O) groups is 3. The molecular weight excluding hydrogens is 262 g/mol. The average molecular weight is 277 g/mol. The molecule has 7 nitrogen and oxygen atoms in total. The fraction of sp³-hybridized carbons (Fsp3) is 0.462. The van der Waals surface area contributed by atoms with E-state index in [-0.39, 0.29) is 24.1 Å². The second-order valence-electron chi connectivity index (χ2n) is 5.25. The Hall–Kier alpha value is -2.31. The third-order valence-electron chi connectivity index (χ3n) is 3.85. The lowest BCUT2D eigenvalue weighted by atomic mass is 9.89. The monoisotopic (exact) mass is 277 g/mol. The number of hydrogen-bond acceptors (Lipinski definition) is 4. The van der Waals surface area contributed by atoms with Crippen molar-refractivity contribution in [2.24, 2.45) is 0 Å². The molecule has 2 aliphatic rings. The van der Waals surface area contributed by atoms with Crippen LogP contribution in [0.15, 0.2) is 16.7 Å². The van der Waals surface area contributed by atoms with E-state index in [2.05, 4.69) is 10.6 Å². The fourth-order valence-electron chi connectivity index (χ4n) is 2.78. The number of hydrogen-bond donors (Lipinski definition) is 2. The Labute approximate surface area is 115 Å². The molecule has 1 spiro atoms. The second-order valence-corrected chi connectivity index (χ2v) is 5.25. The van der Waals surface area contributed by atoms with Gasteiger partial charge in [0.15, 0.2) is 5.76 Å². The highest BCUT2D eigenvalue weighted by molar-refractivity contribution is 6.07. The van der Waals surface area contributed by atoms with E-state index in [4.69, 9.17) is 4.42 Å². The number of rotatable bonds is 1. The molecular formula is C13H15N3O4. The molecule has 3 heterocycles. The van der Waals surface area contributed by atoms with E-state index in [0.717, 1.165) is 5.56 Å². The van der Waals surface area contributed by atoms with Crippen molar-refractivity contribution in [3.8, 4) is 0 Å². The summed E-state index contributed by atoms with van der Waals surface area (Å²) >= 11 is 0. The zero-order valence-corrected chi connectivity index (χ0v) is 11.1. The van der Waals surface area contributed by atoms with E-state index in [0.29, 0.717) is 19.4 Å². The van der Waals surface area contributed by atoms with Crippen LogP contribution in [0, 0.1) is 6.92 Å². The number of imide groups is 1. The van der Waals surface area contributed by atoms with Crippen molar-refractivity contribution >= 4 is 17.8 Å². The van der Waals surface area contributed by atoms with Crippen LogP contribution in [0.25, 0.3) is 0 Å². The Bertz CT molecular complexity index is 594. The lowest BCUT2D eigenvalue weighted by Crippen LogP contribution is -2.59. The largest absolute Gasteiger partial charge is 0.459 e. The minimum Gasteiger partial charge on any atom is -0.459 e. The first kappa shape index (κ1) is 12.7. The lowest BCUT2D eigenvalue weighted by Gasteiger charge is -2.37.